The van der Waals surface area contributed by atoms with Gasteiger partial charge in [-0.3, -0.25) is 4.40 Å². The van der Waals surface area contributed by atoms with Crippen molar-refractivity contribution < 1.29 is 5.11 Å². The van der Waals surface area contributed by atoms with Crippen LogP contribution >= 0.6 is 11.6 Å². The molecule has 80 valence electrons. The van der Waals surface area contributed by atoms with E-state index in [9.17, 15) is 5.11 Å². The monoisotopic (exact) mass is 226 g/mol. The number of aliphatic hydroxyl groups is 1. The van der Waals surface area contributed by atoms with Gasteiger partial charge in [0.05, 0.1) is 18.1 Å². The largest absolute Gasteiger partial charge is 0.385 e. The predicted octanol–water partition coefficient (Wildman–Crippen LogP) is 0.763. The fourth-order valence-corrected chi connectivity index (χ4v) is 1.58. The molecule has 0 fully saturated rings. The van der Waals surface area contributed by atoms with Crippen molar-refractivity contribution >= 4 is 17.2 Å². The number of rotatable bonds is 2. The van der Waals surface area contributed by atoms with E-state index < -0.39 is 6.10 Å². The van der Waals surface area contributed by atoms with Crippen LogP contribution in [-0.2, 0) is 0 Å². The molecule has 5 nitrogen and oxygen atoms in total. The van der Waals surface area contributed by atoms with E-state index in [-0.39, 0.29) is 6.04 Å². The maximum atomic E-state index is 9.82. The van der Waals surface area contributed by atoms with Gasteiger partial charge in [-0.05, 0) is 6.92 Å². The second-order valence-corrected chi connectivity index (χ2v) is 3.83. The summed E-state index contributed by atoms with van der Waals surface area (Å²) in [5.74, 6) is 0. The van der Waals surface area contributed by atoms with Crippen LogP contribution in [0.5, 0.6) is 0 Å². The van der Waals surface area contributed by atoms with Crippen molar-refractivity contribution in [3.05, 3.63) is 29.4 Å². The molecule has 0 aromatic carbocycles. The normalized spacial score (nSPS) is 15.5. The van der Waals surface area contributed by atoms with Gasteiger partial charge in [0.15, 0.2) is 5.65 Å². The van der Waals surface area contributed by atoms with Crippen LogP contribution in [0.25, 0.3) is 5.65 Å². The minimum atomic E-state index is -0.778. The summed E-state index contributed by atoms with van der Waals surface area (Å²) in [7, 11) is 0. The Balaban J connectivity index is 2.59. The van der Waals surface area contributed by atoms with Crippen LogP contribution in [0, 0.1) is 0 Å². The first kappa shape index (κ1) is 10.4. The molecule has 0 radical (unpaired) electrons. The molecule has 0 amide bonds. The summed E-state index contributed by atoms with van der Waals surface area (Å²) in [6.45, 7) is 1.72. The first-order chi connectivity index (χ1) is 7.11. The molecule has 3 N–H and O–H groups in total. The van der Waals surface area contributed by atoms with Gasteiger partial charge in [0.1, 0.15) is 17.5 Å². The second-order valence-electron chi connectivity index (χ2n) is 3.42. The average molecular weight is 227 g/mol. The molecule has 0 aliphatic carbocycles. The third kappa shape index (κ3) is 1.69. The molecule has 0 saturated heterocycles. The van der Waals surface area contributed by atoms with Crippen molar-refractivity contribution in [3.63, 3.8) is 0 Å². The van der Waals surface area contributed by atoms with Crippen LogP contribution in [0.15, 0.2) is 18.7 Å². The fourth-order valence-electron chi connectivity index (χ4n) is 1.38. The van der Waals surface area contributed by atoms with Gasteiger partial charge in [0.2, 0.25) is 0 Å². The highest BCUT2D eigenvalue weighted by Crippen LogP contribution is 2.20. The zero-order valence-corrected chi connectivity index (χ0v) is 8.89. The molecule has 2 aromatic heterocycles. The Hall–Kier alpha value is -1.17. The van der Waals surface area contributed by atoms with Crippen LogP contribution in [0.1, 0.15) is 18.7 Å². The van der Waals surface area contributed by atoms with Gasteiger partial charge in [-0.2, -0.15) is 0 Å². The highest BCUT2D eigenvalue weighted by Gasteiger charge is 2.17. The molecule has 0 aliphatic heterocycles. The van der Waals surface area contributed by atoms with Gasteiger partial charge in [-0.15, -0.1) is 0 Å². The summed E-state index contributed by atoms with van der Waals surface area (Å²) in [6.07, 6.45) is 3.83. The van der Waals surface area contributed by atoms with Gasteiger partial charge in [0, 0.05) is 6.04 Å². The number of halogens is 1. The molecule has 15 heavy (non-hydrogen) atoms. The van der Waals surface area contributed by atoms with E-state index in [0.29, 0.717) is 16.4 Å². The van der Waals surface area contributed by atoms with Crippen LogP contribution < -0.4 is 5.73 Å². The SMILES string of the molecule is CC(N)C(O)c1cnc2c(Cl)cncn12. The lowest BCUT2D eigenvalue weighted by atomic mass is 10.1. The van der Waals surface area contributed by atoms with Crippen molar-refractivity contribution in [1.82, 2.24) is 14.4 Å². The minimum absolute atomic E-state index is 0.371. The number of hydrogen-bond acceptors (Lipinski definition) is 4. The number of imidazole rings is 1. The highest BCUT2D eigenvalue weighted by molar-refractivity contribution is 6.33. The zero-order chi connectivity index (χ0) is 11.0. The summed E-state index contributed by atoms with van der Waals surface area (Å²) < 4.78 is 1.64. The number of hydrogen-bond donors (Lipinski definition) is 2. The second kappa shape index (κ2) is 3.77. The fraction of sp³-hybridized carbons (Fsp3) is 0.333. The molecular weight excluding hydrogens is 216 g/mol. The smallest absolute Gasteiger partial charge is 0.158 e. The molecule has 0 bridgehead atoms. The third-order valence-electron chi connectivity index (χ3n) is 2.21. The Morgan fingerprint density at radius 2 is 2.27 bits per heavy atom. The number of aliphatic hydroxyl groups excluding tert-OH is 1. The molecule has 2 heterocycles. The lowest BCUT2D eigenvalue weighted by molar-refractivity contribution is 0.148. The lowest BCUT2D eigenvalue weighted by Crippen LogP contribution is -2.25. The lowest BCUT2D eigenvalue weighted by Gasteiger charge is -2.13. The molecule has 2 atom stereocenters. The minimum Gasteiger partial charge on any atom is -0.385 e. The van der Waals surface area contributed by atoms with Crippen molar-refractivity contribution in [2.75, 3.05) is 0 Å². The Labute approximate surface area is 91.5 Å². The Bertz CT molecular complexity index is 482. The van der Waals surface area contributed by atoms with Crippen molar-refractivity contribution in [2.24, 2.45) is 5.73 Å². The molecule has 6 heteroatoms. The first-order valence-corrected chi connectivity index (χ1v) is 4.89. The summed E-state index contributed by atoms with van der Waals surface area (Å²) in [5, 5.41) is 10.3. The Kier molecular flexibility index (Phi) is 2.60. The van der Waals surface area contributed by atoms with E-state index in [1.807, 2.05) is 0 Å². The molecule has 2 unspecified atom stereocenters. The van der Waals surface area contributed by atoms with E-state index in [1.165, 1.54) is 6.20 Å². The summed E-state index contributed by atoms with van der Waals surface area (Å²) in [5.41, 5.74) is 6.78. The maximum absolute atomic E-state index is 9.82. The number of fused-ring (bicyclic) bond motifs is 1. The number of aromatic nitrogens is 3. The van der Waals surface area contributed by atoms with Gasteiger partial charge in [0.25, 0.3) is 0 Å². The molecule has 2 aromatic rings. The molecule has 2 rings (SSSR count). The van der Waals surface area contributed by atoms with E-state index in [2.05, 4.69) is 9.97 Å². The molecule has 0 saturated carbocycles. The number of nitrogens with zero attached hydrogens (tertiary/aromatic N) is 3. The van der Waals surface area contributed by atoms with Crippen molar-refractivity contribution in [2.45, 2.75) is 19.1 Å². The zero-order valence-electron chi connectivity index (χ0n) is 8.13. The van der Waals surface area contributed by atoms with E-state index in [0.717, 1.165) is 0 Å². The van der Waals surface area contributed by atoms with E-state index in [4.69, 9.17) is 17.3 Å². The summed E-state index contributed by atoms with van der Waals surface area (Å²) in [4.78, 5) is 8.02. The molecule has 0 spiro atoms. The standard InChI is InChI=1S/C9H11ClN4O/c1-5(11)8(15)7-3-13-9-6(10)2-12-4-14(7)9/h2-5,8,15H,11H2,1H3. The predicted molar refractivity (Wildman–Crippen MR) is 56.6 cm³/mol. The average Bonchev–Trinajstić information content (AvgIpc) is 2.61. The van der Waals surface area contributed by atoms with Crippen LogP contribution in [-0.4, -0.2) is 25.5 Å². The third-order valence-corrected chi connectivity index (χ3v) is 2.48. The Morgan fingerprint density at radius 3 is 2.93 bits per heavy atom. The van der Waals surface area contributed by atoms with Crippen LogP contribution in [0.2, 0.25) is 5.02 Å². The van der Waals surface area contributed by atoms with Crippen LogP contribution in [0.3, 0.4) is 0 Å². The number of nitrogens with two attached hydrogens (primary N) is 1. The highest BCUT2D eigenvalue weighted by atomic mass is 35.5. The topological polar surface area (TPSA) is 76.4 Å². The van der Waals surface area contributed by atoms with Gasteiger partial charge < -0.3 is 10.8 Å². The first-order valence-electron chi connectivity index (χ1n) is 4.51. The summed E-state index contributed by atoms with van der Waals surface area (Å²) >= 11 is 5.90. The van der Waals surface area contributed by atoms with Gasteiger partial charge in [-0.25, -0.2) is 9.97 Å². The van der Waals surface area contributed by atoms with Crippen LogP contribution in [0.4, 0.5) is 0 Å². The maximum Gasteiger partial charge on any atom is 0.158 e. The van der Waals surface area contributed by atoms with Gasteiger partial charge in [-0.1, -0.05) is 11.6 Å². The Morgan fingerprint density at radius 1 is 1.53 bits per heavy atom. The molecular formula is C9H11ClN4O. The van der Waals surface area contributed by atoms with Crippen molar-refractivity contribution in [1.29, 1.82) is 0 Å². The van der Waals surface area contributed by atoms with E-state index in [1.54, 1.807) is 23.8 Å². The molecule has 0 aliphatic rings. The van der Waals surface area contributed by atoms with Crippen molar-refractivity contribution in [3.8, 4) is 0 Å². The quantitative estimate of drug-likeness (QED) is 0.793. The summed E-state index contributed by atoms with van der Waals surface area (Å²) in [6, 6.07) is -0.371. The van der Waals surface area contributed by atoms with Gasteiger partial charge >= 0.3 is 0 Å². The van der Waals surface area contributed by atoms with E-state index >= 15 is 0 Å².